The molecule has 1 aromatic heterocycles. The summed E-state index contributed by atoms with van der Waals surface area (Å²) in [6.07, 6.45) is 3.90. The maximum atomic E-state index is 12.5. The van der Waals surface area contributed by atoms with E-state index >= 15 is 0 Å². The number of ether oxygens (including phenoxy) is 1. The maximum absolute atomic E-state index is 12.5. The minimum absolute atomic E-state index is 0.190. The van der Waals surface area contributed by atoms with Gasteiger partial charge in [-0.3, -0.25) is 4.79 Å². The third-order valence-corrected chi connectivity index (χ3v) is 4.65. The van der Waals surface area contributed by atoms with E-state index in [1.807, 2.05) is 24.3 Å². The van der Waals surface area contributed by atoms with Crippen molar-refractivity contribution < 1.29 is 9.53 Å². The number of carbonyl (C=O) groups is 1. The summed E-state index contributed by atoms with van der Waals surface area (Å²) in [4.78, 5) is 23.2. The molecule has 2 heterocycles. The van der Waals surface area contributed by atoms with E-state index in [2.05, 4.69) is 39.3 Å². The first-order valence-electron chi connectivity index (χ1n) is 9.54. The number of nitrogens with one attached hydrogen (secondary N) is 2. The van der Waals surface area contributed by atoms with Crippen molar-refractivity contribution >= 4 is 23.2 Å². The topological polar surface area (TPSA) is 79.4 Å². The van der Waals surface area contributed by atoms with Gasteiger partial charge >= 0.3 is 0 Å². The number of rotatable bonds is 8. The molecule has 0 radical (unpaired) electrons. The van der Waals surface area contributed by atoms with Crippen molar-refractivity contribution in [3.63, 3.8) is 0 Å². The van der Waals surface area contributed by atoms with Crippen LogP contribution in [0.4, 0.5) is 17.3 Å². The standard InChI is InChI=1S/C20H27N5O2/c1-3-25(4-2)16-9-7-15(8-10-16)23-19(26)18-11-12-21-20(24-18)22-14-17-6-5-13-27-17/h7-12,17H,3-6,13-14H2,1-2H3,(H,23,26)(H,21,22,24). The number of anilines is 3. The molecule has 0 aliphatic carbocycles. The molecule has 2 N–H and O–H groups in total. The maximum Gasteiger partial charge on any atom is 0.274 e. The van der Waals surface area contributed by atoms with Crippen LogP contribution in [0.3, 0.4) is 0 Å². The quantitative estimate of drug-likeness (QED) is 0.744. The molecule has 1 unspecified atom stereocenters. The highest BCUT2D eigenvalue weighted by Gasteiger charge is 2.16. The van der Waals surface area contributed by atoms with Crippen LogP contribution in [0.1, 0.15) is 37.2 Å². The van der Waals surface area contributed by atoms with Crippen molar-refractivity contribution in [3.05, 3.63) is 42.2 Å². The first kappa shape index (κ1) is 19.1. The van der Waals surface area contributed by atoms with Gasteiger partial charge in [0, 0.05) is 43.8 Å². The molecule has 1 fully saturated rings. The Balaban J connectivity index is 1.59. The lowest BCUT2D eigenvalue weighted by molar-refractivity contribution is 0.102. The summed E-state index contributed by atoms with van der Waals surface area (Å²) >= 11 is 0. The van der Waals surface area contributed by atoms with Gasteiger partial charge in [0.05, 0.1) is 6.10 Å². The van der Waals surface area contributed by atoms with Crippen LogP contribution in [0, 0.1) is 0 Å². The number of hydrogen-bond donors (Lipinski definition) is 2. The smallest absolute Gasteiger partial charge is 0.274 e. The highest BCUT2D eigenvalue weighted by Crippen LogP contribution is 2.18. The second kappa shape index (κ2) is 9.32. The van der Waals surface area contributed by atoms with Crippen LogP contribution in [-0.2, 0) is 4.74 Å². The van der Waals surface area contributed by atoms with Crippen molar-refractivity contribution in [2.75, 3.05) is 41.8 Å². The van der Waals surface area contributed by atoms with E-state index in [1.165, 1.54) is 0 Å². The fraction of sp³-hybridized carbons (Fsp3) is 0.450. The Kier molecular flexibility index (Phi) is 6.59. The number of amides is 1. The number of nitrogens with zero attached hydrogens (tertiary/aromatic N) is 3. The van der Waals surface area contributed by atoms with Gasteiger partial charge in [0.2, 0.25) is 5.95 Å². The van der Waals surface area contributed by atoms with E-state index in [9.17, 15) is 4.79 Å². The van der Waals surface area contributed by atoms with E-state index in [1.54, 1.807) is 12.3 Å². The van der Waals surface area contributed by atoms with Crippen molar-refractivity contribution in [1.82, 2.24) is 9.97 Å². The zero-order valence-electron chi connectivity index (χ0n) is 15.9. The number of hydrogen-bond acceptors (Lipinski definition) is 6. The van der Waals surface area contributed by atoms with Crippen LogP contribution >= 0.6 is 0 Å². The summed E-state index contributed by atoms with van der Waals surface area (Å²) in [5.74, 6) is 0.184. The van der Waals surface area contributed by atoms with Crippen molar-refractivity contribution in [2.24, 2.45) is 0 Å². The average Bonchev–Trinajstić information content (AvgIpc) is 3.22. The fourth-order valence-electron chi connectivity index (χ4n) is 3.12. The molecule has 1 saturated heterocycles. The van der Waals surface area contributed by atoms with E-state index in [0.29, 0.717) is 18.2 Å². The molecule has 1 atom stereocenters. The molecule has 2 aromatic rings. The van der Waals surface area contributed by atoms with Gasteiger partial charge < -0.3 is 20.3 Å². The molecule has 0 bridgehead atoms. The minimum Gasteiger partial charge on any atom is -0.376 e. The minimum atomic E-state index is -0.256. The molecule has 1 aliphatic heterocycles. The Bertz CT molecular complexity index is 740. The average molecular weight is 369 g/mol. The molecule has 0 spiro atoms. The summed E-state index contributed by atoms with van der Waals surface area (Å²) in [7, 11) is 0. The summed E-state index contributed by atoms with van der Waals surface area (Å²) in [5.41, 5.74) is 2.21. The highest BCUT2D eigenvalue weighted by atomic mass is 16.5. The number of aromatic nitrogens is 2. The van der Waals surface area contributed by atoms with Crippen LogP contribution in [0.15, 0.2) is 36.5 Å². The van der Waals surface area contributed by atoms with E-state index in [0.717, 1.165) is 43.9 Å². The molecule has 27 heavy (non-hydrogen) atoms. The summed E-state index contributed by atoms with van der Waals surface area (Å²) < 4.78 is 5.57. The third kappa shape index (κ3) is 5.17. The van der Waals surface area contributed by atoms with Crippen molar-refractivity contribution in [3.8, 4) is 0 Å². The zero-order valence-corrected chi connectivity index (χ0v) is 15.9. The second-order valence-corrected chi connectivity index (χ2v) is 6.45. The first-order chi connectivity index (χ1) is 13.2. The normalized spacial score (nSPS) is 16.1. The van der Waals surface area contributed by atoms with Crippen molar-refractivity contribution in [1.29, 1.82) is 0 Å². The number of benzene rings is 1. The van der Waals surface area contributed by atoms with Gasteiger partial charge in [-0.1, -0.05) is 0 Å². The third-order valence-electron chi connectivity index (χ3n) is 4.65. The lowest BCUT2D eigenvalue weighted by Crippen LogP contribution is -2.22. The predicted molar refractivity (Wildman–Crippen MR) is 107 cm³/mol. The van der Waals surface area contributed by atoms with Crippen LogP contribution < -0.4 is 15.5 Å². The summed E-state index contributed by atoms with van der Waals surface area (Å²) in [5, 5.41) is 6.03. The van der Waals surface area contributed by atoms with Crippen LogP contribution in [0.5, 0.6) is 0 Å². The lowest BCUT2D eigenvalue weighted by Gasteiger charge is -2.21. The summed E-state index contributed by atoms with van der Waals surface area (Å²) in [6.45, 7) is 7.60. The molecule has 7 heteroatoms. The zero-order chi connectivity index (χ0) is 19.1. The molecule has 1 aliphatic rings. The predicted octanol–water partition coefficient (Wildman–Crippen LogP) is 3.17. The Morgan fingerprint density at radius 3 is 2.67 bits per heavy atom. The molecule has 3 rings (SSSR count). The van der Waals surface area contributed by atoms with E-state index in [-0.39, 0.29) is 12.0 Å². The molecule has 0 saturated carbocycles. The van der Waals surface area contributed by atoms with Crippen LogP contribution in [0.25, 0.3) is 0 Å². The van der Waals surface area contributed by atoms with Gasteiger partial charge in [-0.05, 0) is 57.0 Å². The lowest BCUT2D eigenvalue weighted by atomic mass is 10.2. The van der Waals surface area contributed by atoms with Gasteiger partial charge in [-0.15, -0.1) is 0 Å². The molecule has 1 amide bonds. The van der Waals surface area contributed by atoms with Gasteiger partial charge in [0.1, 0.15) is 5.69 Å². The highest BCUT2D eigenvalue weighted by molar-refractivity contribution is 6.03. The Hall–Kier alpha value is -2.67. The van der Waals surface area contributed by atoms with E-state index in [4.69, 9.17) is 4.74 Å². The van der Waals surface area contributed by atoms with Gasteiger partial charge in [0.25, 0.3) is 5.91 Å². The molecule has 7 nitrogen and oxygen atoms in total. The van der Waals surface area contributed by atoms with E-state index < -0.39 is 0 Å². The monoisotopic (exact) mass is 369 g/mol. The molecular formula is C20H27N5O2. The van der Waals surface area contributed by atoms with Gasteiger partial charge in [-0.2, -0.15) is 0 Å². The molecule has 144 valence electrons. The Morgan fingerprint density at radius 1 is 1.22 bits per heavy atom. The second-order valence-electron chi connectivity index (χ2n) is 6.45. The summed E-state index contributed by atoms with van der Waals surface area (Å²) in [6, 6.07) is 9.44. The van der Waals surface area contributed by atoms with Crippen LogP contribution in [-0.4, -0.2) is 48.2 Å². The SMILES string of the molecule is CCN(CC)c1ccc(NC(=O)c2ccnc(NCC3CCCO3)n2)cc1. The number of carbonyl (C=O) groups excluding carboxylic acids is 1. The van der Waals surface area contributed by atoms with Crippen LogP contribution in [0.2, 0.25) is 0 Å². The molecular weight excluding hydrogens is 342 g/mol. The largest absolute Gasteiger partial charge is 0.376 e. The fourth-order valence-corrected chi connectivity index (χ4v) is 3.12. The van der Waals surface area contributed by atoms with Gasteiger partial charge in [-0.25, -0.2) is 9.97 Å². The molecule has 1 aromatic carbocycles. The first-order valence-corrected chi connectivity index (χ1v) is 9.54. The van der Waals surface area contributed by atoms with Crippen molar-refractivity contribution in [2.45, 2.75) is 32.8 Å². The Morgan fingerprint density at radius 2 is 2.00 bits per heavy atom. The Labute approximate surface area is 160 Å². The van der Waals surface area contributed by atoms with Gasteiger partial charge in [0.15, 0.2) is 0 Å².